The average molecular weight is 607 g/mol. The van der Waals surface area contributed by atoms with E-state index in [9.17, 15) is 0 Å². The van der Waals surface area contributed by atoms with E-state index in [-0.39, 0.29) is 33.7 Å². The first-order valence-electron chi connectivity index (χ1n) is 15.7. The van der Waals surface area contributed by atoms with Crippen LogP contribution in [0, 0.1) is 0 Å². The molecule has 1 aliphatic carbocycles. The van der Waals surface area contributed by atoms with E-state index in [4.69, 9.17) is 27.6 Å². The molecule has 0 radical (unpaired) electrons. The molecule has 0 N–H and O–H groups in total. The lowest BCUT2D eigenvalue weighted by molar-refractivity contribution is 0.390. The van der Waals surface area contributed by atoms with Gasteiger partial charge in [-0.2, -0.15) is 10.0 Å². The molecule has 0 aromatic heterocycles. The lowest BCUT2D eigenvalue weighted by atomic mass is 9.79. The third-order valence-electron chi connectivity index (χ3n) is 8.51. The van der Waals surface area contributed by atoms with Crippen molar-refractivity contribution in [1.29, 1.82) is 0 Å². The molecule has 2 aliphatic rings. The number of hydrogen-bond donors (Lipinski definition) is 0. The number of aliphatic imine (C=N–C) groups is 2. The van der Waals surface area contributed by atoms with Crippen molar-refractivity contribution in [3.63, 3.8) is 0 Å². The summed E-state index contributed by atoms with van der Waals surface area (Å²) in [5.74, 6) is 1.59. The van der Waals surface area contributed by atoms with Crippen molar-refractivity contribution in [2.45, 2.75) is 143 Å². The fraction of sp³-hybridized carbons (Fsp3) is 0.611. The maximum atomic E-state index is 7.14. The van der Waals surface area contributed by atoms with E-state index in [1.807, 2.05) is 12.4 Å². The second kappa shape index (κ2) is 11.9. The number of fused-ring (bicyclic) bond motifs is 3. The minimum atomic E-state index is -2.74. The van der Waals surface area contributed by atoms with Gasteiger partial charge in [0.25, 0.3) is 0 Å². The molecule has 0 saturated heterocycles. The summed E-state index contributed by atoms with van der Waals surface area (Å²) in [5.41, 5.74) is 6.34. The second-order valence-corrected chi connectivity index (χ2v) is 18.5. The Bertz CT molecular complexity index is 1250. The average Bonchev–Trinajstić information content (AvgIpc) is 2.85. The zero-order chi connectivity index (χ0) is 31.3. The van der Waals surface area contributed by atoms with Crippen LogP contribution in [0.1, 0.15) is 142 Å². The summed E-state index contributed by atoms with van der Waals surface area (Å²) in [5, 5.41) is 0. The molecule has 4 nitrogen and oxygen atoms in total. The molecule has 0 spiro atoms. The molecular formula is C36H52AlClN2O2. The van der Waals surface area contributed by atoms with Crippen LogP contribution in [0.2, 0.25) is 0 Å². The Balaban J connectivity index is 1.99. The lowest BCUT2D eigenvalue weighted by Crippen LogP contribution is -2.29. The third-order valence-corrected chi connectivity index (χ3v) is 9.89. The van der Waals surface area contributed by atoms with Gasteiger partial charge in [-0.05, 0) is 68.9 Å². The standard InChI is InChI=1S/C36H54N2O2.Al.ClH/c1-33(2,3)25-17-23(31(39)27(19-25)35(7,8)9)21-37-29-15-13-14-16-30(29)38-22-24-18-26(34(4,5)6)20-28(32(24)40)36(10,11)12;;/h17-22,29-30,39-40H,13-16H2,1-12H3;;1H/q;+3;/p-3/t29-,30+;;. The summed E-state index contributed by atoms with van der Waals surface area (Å²) in [6.45, 7) is 26.9. The van der Waals surface area contributed by atoms with Crippen molar-refractivity contribution in [2.75, 3.05) is 0 Å². The fourth-order valence-corrected chi connectivity index (χ4v) is 7.22. The normalized spacial score (nSPS) is 20.3. The number of halogens is 1. The topological polar surface area (TPSA) is 43.2 Å². The molecule has 1 aliphatic heterocycles. The Morgan fingerprint density at radius 2 is 0.952 bits per heavy atom. The molecule has 2 aromatic carbocycles. The molecule has 1 fully saturated rings. The first-order valence-corrected chi connectivity index (χ1v) is 18.4. The monoisotopic (exact) mass is 606 g/mol. The highest BCUT2D eigenvalue weighted by molar-refractivity contribution is 7.00. The van der Waals surface area contributed by atoms with Crippen LogP contribution in [0.4, 0.5) is 0 Å². The second-order valence-electron chi connectivity index (χ2n) is 16.4. The molecule has 4 rings (SSSR count). The van der Waals surface area contributed by atoms with Gasteiger partial charge in [-0.1, -0.05) is 108 Å². The molecule has 1 heterocycles. The highest BCUT2D eigenvalue weighted by Gasteiger charge is 2.38. The van der Waals surface area contributed by atoms with Gasteiger partial charge in [0.1, 0.15) is 0 Å². The van der Waals surface area contributed by atoms with Crippen molar-refractivity contribution in [3.8, 4) is 11.5 Å². The first-order chi connectivity index (χ1) is 19.2. The maximum absolute atomic E-state index is 7.14. The minimum absolute atomic E-state index is 0.0265. The Morgan fingerprint density at radius 3 is 1.26 bits per heavy atom. The molecule has 1 saturated carbocycles. The van der Waals surface area contributed by atoms with E-state index < -0.39 is 13.9 Å². The van der Waals surface area contributed by atoms with Crippen LogP contribution < -0.4 is 7.58 Å². The smallest absolute Gasteiger partial charge is 0.599 e. The Hall–Kier alpha value is -1.80. The highest BCUT2D eigenvalue weighted by Crippen LogP contribution is 2.41. The highest BCUT2D eigenvalue weighted by atomic mass is 35.6. The van der Waals surface area contributed by atoms with E-state index >= 15 is 0 Å². The number of rotatable bonds is 0. The van der Waals surface area contributed by atoms with Crippen molar-refractivity contribution in [2.24, 2.45) is 9.98 Å². The van der Waals surface area contributed by atoms with Crippen LogP contribution >= 0.6 is 10.0 Å². The summed E-state index contributed by atoms with van der Waals surface area (Å²) in [4.78, 5) is 10.4. The predicted molar refractivity (Wildman–Crippen MR) is 182 cm³/mol. The van der Waals surface area contributed by atoms with E-state index in [2.05, 4.69) is 107 Å². The van der Waals surface area contributed by atoms with E-state index in [0.717, 1.165) is 46.6 Å². The van der Waals surface area contributed by atoms with Crippen LogP contribution in [-0.2, 0) is 21.7 Å². The summed E-state index contributed by atoms with van der Waals surface area (Å²) in [7, 11) is 7.14. The van der Waals surface area contributed by atoms with Gasteiger partial charge in [-0.3, -0.25) is 9.98 Å². The fourth-order valence-electron chi connectivity index (χ4n) is 5.74. The van der Waals surface area contributed by atoms with Gasteiger partial charge in [0.2, 0.25) is 0 Å². The van der Waals surface area contributed by atoms with Gasteiger partial charge in [0, 0.05) is 23.6 Å². The van der Waals surface area contributed by atoms with Crippen LogP contribution in [-0.4, -0.2) is 38.4 Å². The molecule has 2 aromatic rings. The van der Waals surface area contributed by atoms with Gasteiger partial charge in [-0.25, -0.2) is 0 Å². The molecule has 2 atom stereocenters. The van der Waals surface area contributed by atoms with E-state index in [1.165, 1.54) is 24.0 Å². The van der Waals surface area contributed by atoms with Gasteiger partial charge >= 0.3 is 13.9 Å². The first kappa shape index (κ1) is 33.1. The summed E-state index contributed by atoms with van der Waals surface area (Å²) in [6, 6.07) is 9.30. The zero-order valence-electron chi connectivity index (χ0n) is 28.1. The molecule has 0 bridgehead atoms. The Labute approximate surface area is 264 Å². The summed E-state index contributed by atoms with van der Waals surface area (Å²) in [6.07, 6.45) is 8.46. The number of nitrogens with zero attached hydrogens (tertiary/aromatic N) is 2. The van der Waals surface area contributed by atoms with E-state index in [1.54, 1.807) is 0 Å². The summed E-state index contributed by atoms with van der Waals surface area (Å²) < 4.78 is 13.5. The van der Waals surface area contributed by atoms with E-state index in [0.29, 0.717) is 0 Å². The van der Waals surface area contributed by atoms with Crippen molar-refractivity contribution in [1.82, 2.24) is 0 Å². The van der Waals surface area contributed by atoms with Crippen LogP contribution in [0.15, 0.2) is 34.3 Å². The SMILES string of the molecule is CC(C)(C)c1cc2c(c(C(C)(C)C)c1)[O][Al]([Cl])[O]c1c(cc(C(C)(C)C)cc1C(C)(C)C)C=N[C@@H]1CCCC[C@@H]1N=C2. The predicted octanol–water partition coefficient (Wildman–Crippen LogP) is 9.72. The molecule has 0 amide bonds. The number of benzene rings is 2. The number of hydrogen-bond acceptors (Lipinski definition) is 4. The van der Waals surface area contributed by atoms with Gasteiger partial charge in [0.05, 0.1) is 23.6 Å². The maximum Gasteiger partial charge on any atom is 0.999 e. The lowest BCUT2D eigenvalue weighted by Gasteiger charge is -2.31. The van der Waals surface area contributed by atoms with Crippen LogP contribution in [0.5, 0.6) is 11.5 Å². The largest absolute Gasteiger partial charge is 0.999 e. The van der Waals surface area contributed by atoms with Gasteiger partial charge in [0.15, 0.2) is 0 Å². The molecule has 228 valence electrons. The van der Waals surface area contributed by atoms with Crippen molar-refractivity contribution < 1.29 is 7.58 Å². The zero-order valence-corrected chi connectivity index (χ0v) is 30.0. The minimum Gasteiger partial charge on any atom is -0.599 e. The Kier molecular flexibility index (Phi) is 9.42. The van der Waals surface area contributed by atoms with Crippen LogP contribution in [0.25, 0.3) is 0 Å². The Morgan fingerprint density at radius 1 is 0.595 bits per heavy atom. The quantitative estimate of drug-likeness (QED) is 0.280. The van der Waals surface area contributed by atoms with Gasteiger partial charge in [-0.15, -0.1) is 0 Å². The molecule has 42 heavy (non-hydrogen) atoms. The third kappa shape index (κ3) is 7.64. The van der Waals surface area contributed by atoms with Crippen molar-refractivity contribution in [3.05, 3.63) is 57.6 Å². The van der Waals surface area contributed by atoms with Gasteiger partial charge < -0.3 is 7.58 Å². The summed E-state index contributed by atoms with van der Waals surface area (Å²) >= 11 is -2.74. The molecule has 6 heteroatoms. The molecular weight excluding hydrogens is 555 g/mol. The van der Waals surface area contributed by atoms with Crippen molar-refractivity contribution >= 4 is 36.4 Å². The van der Waals surface area contributed by atoms with Crippen LogP contribution in [0.3, 0.4) is 0 Å². The molecule has 0 unspecified atom stereocenters.